The summed E-state index contributed by atoms with van der Waals surface area (Å²) < 4.78 is 0. The Morgan fingerprint density at radius 1 is 1.32 bits per heavy atom. The van der Waals surface area contributed by atoms with Gasteiger partial charge in [0, 0.05) is 23.0 Å². The summed E-state index contributed by atoms with van der Waals surface area (Å²) in [5.41, 5.74) is -0.152. The summed E-state index contributed by atoms with van der Waals surface area (Å²) in [5.74, 6) is 0.995. The number of benzene rings is 1. The van der Waals surface area contributed by atoms with E-state index < -0.39 is 0 Å². The van der Waals surface area contributed by atoms with E-state index in [0.29, 0.717) is 0 Å². The van der Waals surface area contributed by atoms with Crippen LogP contribution in [0.5, 0.6) is 5.75 Å². The molecule has 100 valence electrons. The predicted octanol–water partition coefficient (Wildman–Crippen LogP) is 2.51. The first kappa shape index (κ1) is 12.2. The van der Waals surface area contributed by atoms with Crippen molar-refractivity contribution in [2.45, 2.75) is 32.4 Å². The average Bonchev–Trinajstić information content (AvgIpc) is 2.39. The summed E-state index contributed by atoms with van der Waals surface area (Å²) in [7, 11) is 0. The Balaban J connectivity index is 1.95. The van der Waals surface area contributed by atoms with Crippen LogP contribution in [0.2, 0.25) is 0 Å². The molecule has 2 atom stereocenters. The molecule has 3 rings (SSSR count). The number of nitrogens with one attached hydrogen (secondary N) is 1. The molecule has 0 saturated heterocycles. The molecule has 0 amide bonds. The SMILES string of the molecule is CC1(C)C(O)CC1Nc1nccc2ccc(O)cc12. The number of fused-ring (bicyclic) bond motifs is 1. The van der Waals surface area contributed by atoms with Gasteiger partial charge in [0.25, 0.3) is 0 Å². The first-order chi connectivity index (χ1) is 8.98. The summed E-state index contributed by atoms with van der Waals surface area (Å²) in [4.78, 5) is 4.36. The molecule has 0 aliphatic heterocycles. The largest absolute Gasteiger partial charge is 0.508 e. The van der Waals surface area contributed by atoms with Crippen molar-refractivity contribution in [1.82, 2.24) is 4.98 Å². The minimum atomic E-state index is -0.270. The predicted molar refractivity (Wildman–Crippen MR) is 75.2 cm³/mol. The average molecular weight is 258 g/mol. The van der Waals surface area contributed by atoms with E-state index in [-0.39, 0.29) is 23.3 Å². The standard InChI is InChI=1S/C15H18N2O2/c1-15(2)12(8-13(15)19)17-14-11-7-10(18)4-3-9(11)5-6-16-14/h3-7,12-13,18-19H,8H2,1-2H3,(H,16,17). The highest BCUT2D eigenvalue weighted by Gasteiger charge is 2.47. The maximum Gasteiger partial charge on any atom is 0.134 e. The number of hydrogen-bond donors (Lipinski definition) is 3. The number of nitrogens with zero attached hydrogens (tertiary/aromatic N) is 1. The number of phenolic OH excluding ortho intramolecular Hbond substituents is 1. The molecule has 2 unspecified atom stereocenters. The van der Waals surface area contributed by atoms with Crippen molar-refractivity contribution in [3.8, 4) is 5.75 Å². The second-order valence-corrected chi connectivity index (χ2v) is 5.83. The van der Waals surface area contributed by atoms with E-state index in [9.17, 15) is 10.2 Å². The molecular formula is C15H18N2O2. The first-order valence-electron chi connectivity index (χ1n) is 6.51. The van der Waals surface area contributed by atoms with Gasteiger partial charge in [-0.25, -0.2) is 4.98 Å². The van der Waals surface area contributed by atoms with Crippen LogP contribution in [0, 0.1) is 5.41 Å². The number of aliphatic hydroxyl groups excluding tert-OH is 1. The topological polar surface area (TPSA) is 65.4 Å². The number of rotatable bonds is 2. The van der Waals surface area contributed by atoms with Gasteiger partial charge in [0.2, 0.25) is 0 Å². The van der Waals surface area contributed by atoms with Crippen LogP contribution >= 0.6 is 0 Å². The molecule has 1 aromatic heterocycles. The van der Waals surface area contributed by atoms with Crippen molar-refractivity contribution in [1.29, 1.82) is 0 Å². The lowest BCUT2D eigenvalue weighted by Crippen LogP contribution is -2.57. The van der Waals surface area contributed by atoms with Gasteiger partial charge in [-0.3, -0.25) is 0 Å². The fraction of sp³-hybridized carbons (Fsp3) is 0.400. The smallest absolute Gasteiger partial charge is 0.134 e. The van der Waals surface area contributed by atoms with Crippen LogP contribution in [0.15, 0.2) is 30.5 Å². The highest BCUT2D eigenvalue weighted by Crippen LogP contribution is 2.42. The summed E-state index contributed by atoms with van der Waals surface area (Å²) >= 11 is 0. The Hall–Kier alpha value is -1.81. The van der Waals surface area contributed by atoms with Gasteiger partial charge in [0.15, 0.2) is 0 Å². The summed E-state index contributed by atoms with van der Waals surface area (Å²) in [6.45, 7) is 4.09. The molecule has 4 nitrogen and oxygen atoms in total. The molecular weight excluding hydrogens is 240 g/mol. The Morgan fingerprint density at radius 3 is 2.79 bits per heavy atom. The molecule has 0 spiro atoms. The van der Waals surface area contributed by atoms with Crippen LogP contribution in [0.4, 0.5) is 5.82 Å². The van der Waals surface area contributed by atoms with Crippen LogP contribution in [-0.4, -0.2) is 27.3 Å². The quantitative estimate of drug-likeness (QED) is 0.774. The fourth-order valence-corrected chi connectivity index (χ4v) is 2.58. The van der Waals surface area contributed by atoms with Gasteiger partial charge in [0.1, 0.15) is 11.6 Å². The van der Waals surface area contributed by atoms with E-state index in [0.717, 1.165) is 23.0 Å². The van der Waals surface area contributed by atoms with Crippen molar-refractivity contribution < 1.29 is 10.2 Å². The van der Waals surface area contributed by atoms with Crippen molar-refractivity contribution in [3.63, 3.8) is 0 Å². The Bertz CT molecular complexity index is 625. The van der Waals surface area contributed by atoms with Gasteiger partial charge in [0.05, 0.1) is 6.10 Å². The molecule has 3 N–H and O–H groups in total. The zero-order valence-corrected chi connectivity index (χ0v) is 11.1. The molecule has 1 aliphatic rings. The van der Waals surface area contributed by atoms with Crippen molar-refractivity contribution in [3.05, 3.63) is 30.5 Å². The summed E-state index contributed by atoms with van der Waals surface area (Å²) in [6, 6.07) is 7.37. The molecule has 1 aromatic carbocycles. The van der Waals surface area contributed by atoms with Crippen molar-refractivity contribution in [2.24, 2.45) is 5.41 Å². The molecule has 1 aliphatic carbocycles. The van der Waals surface area contributed by atoms with E-state index in [1.165, 1.54) is 0 Å². The number of aliphatic hydroxyl groups is 1. The molecule has 1 saturated carbocycles. The van der Waals surface area contributed by atoms with Crippen LogP contribution in [-0.2, 0) is 0 Å². The third-order valence-corrected chi connectivity index (χ3v) is 4.28. The van der Waals surface area contributed by atoms with Gasteiger partial charge in [-0.1, -0.05) is 19.9 Å². The van der Waals surface area contributed by atoms with E-state index in [1.54, 1.807) is 18.3 Å². The van der Waals surface area contributed by atoms with Gasteiger partial charge in [-0.2, -0.15) is 0 Å². The highest BCUT2D eigenvalue weighted by molar-refractivity contribution is 5.92. The zero-order chi connectivity index (χ0) is 13.6. The van der Waals surface area contributed by atoms with E-state index in [4.69, 9.17) is 0 Å². The molecule has 1 fully saturated rings. The van der Waals surface area contributed by atoms with E-state index >= 15 is 0 Å². The Labute approximate surface area is 112 Å². The van der Waals surface area contributed by atoms with E-state index in [1.807, 2.05) is 26.0 Å². The number of pyridine rings is 1. The van der Waals surface area contributed by atoms with Crippen LogP contribution < -0.4 is 5.32 Å². The van der Waals surface area contributed by atoms with Crippen LogP contribution in [0.1, 0.15) is 20.3 Å². The first-order valence-corrected chi connectivity index (χ1v) is 6.51. The number of anilines is 1. The van der Waals surface area contributed by atoms with Gasteiger partial charge in [-0.15, -0.1) is 0 Å². The van der Waals surface area contributed by atoms with E-state index in [2.05, 4.69) is 10.3 Å². The minimum absolute atomic E-state index is 0.152. The van der Waals surface area contributed by atoms with Gasteiger partial charge in [-0.05, 0) is 30.0 Å². The highest BCUT2D eigenvalue weighted by atomic mass is 16.3. The Kier molecular flexibility index (Phi) is 2.64. The molecule has 0 radical (unpaired) electrons. The normalized spacial score (nSPS) is 25.0. The maximum absolute atomic E-state index is 9.78. The summed E-state index contributed by atoms with van der Waals surface area (Å²) in [5, 5.41) is 24.7. The van der Waals surface area contributed by atoms with Gasteiger partial charge < -0.3 is 15.5 Å². The number of aromatic nitrogens is 1. The molecule has 1 heterocycles. The third-order valence-electron chi connectivity index (χ3n) is 4.28. The number of aromatic hydroxyl groups is 1. The molecule has 4 heteroatoms. The lowest BCUT2D eigenvalue weighted by molar-refractivity contribution is -0.0511. The molecule has 19 heavy (non-hydrogen) atoms. The Morgan fingerprint density at radius 2 is 2.11 bits per heavy atom. The zero-order valence-electron chi connectivity index (χ0n) is 11.1. The fourth-order valence-electron chi connectivity index (χ4n) is 2.58. The third kappa shape index (κ3) is 1.92. The van der Waals surface area contributed by atoms with Crippen LogP contribution in [0.25, 0.3) is 10.8 Å². The maximum atomic E-state index is 9.78. The second-order valence-electron chi connectivity index (χ2n) is 5.83. The lowest BCUT2D eigenvalue weighted by atomic mass is 9.64. The van der Waals surface area contributed by atoms with Crippen molar-refractivity contribution in [2.75, 3.05) is 5.32 Å². The second kappa shape index (κ2) is 4.10. The van der Waals surface area contributed by atoms with Crippen LogP contribution in [0.3, 0.4) is 0 Å². The number of hydrogen-bond acceptors (Lipinski definition) is 4. The minimum Gasteiger partial charge on any atom is -0.508 e. The summed E-state index contributed by atoms with van der Waals surface area (Å²) in [6.07, 6.45) is 2.21. The number of phenols is 1. The molecule has 2 aromatic rings. The lowest BCUT2D eigenvalue weighted by Gasteiger charge is -2.49. The van der Waals surface area contributed by atoms with Crippen molar-refractivity contribution >= 4 is 16.6 Å². The monoisotopic (exact) mass is 258 g/mol. The van der Waals surface area contributed by atoms with Gasteiger partial charge >= 0.3 is 0 Å². The molecule has 0 bridgehead atoms.